The number of rotatable bonds is 8. The molecule has 0 saturated carbocycles. The molecule has 2 N–H and O–H groups in total. The number of aromatic amines is 1. The highest BCUT2D eigenvalue weighted by molar-refractivity contribution is 5.91. The number of hydrogen-bond donors (Lipinski definition) is 2. The number of nitrogens with zero attached hydrogens (tertiary/aromatic N) is 2. The molecule has 1 unspecified atom stereocenters. The van der Waals surface area contributed by atoms with Crippen molar-refractivity contribution < 1.29 is 4.79 Å². The van der Waals surface area contributed by atoms with Gasteiger partial charge in [-0.15, -0.1) is 0 Å². The fraction of sp³-hybridized carbons (Fsp3) is 0.714. The second kappa shape index (κ2) is 7.94. The van der Waals surface area contributed by atoms with E-state index in [4.69, 9.17) is 0 Å². The first-order valence-corrected chi connectivity index (χ1v) is 7.06. The molecule has 19 heavy (non-hydrogen) atoms. The fourth-order valence-corrected chi connectivity index (χ4v) is 2.05. The Labute approximate surface area is 115 Å². The molecule has 0 aliphatic heterocycles. The quantitative estimate of drug-likeness (QED) is 0.760. The number of unbranched alkanes of at least 4 members (excludes halogenated alkanes) is 1. The van der Waals surface area contributed by atoms with Crippen LogP contribution in [-0.4, -0.2) is 35.1 Å². The zero-order valence-electron chi connectivity index (χ0n) is 12.5. The van der Waals surface area contributed by atoms with Crippen molar-refractivity contribution in [2.75, 3.05) is 19.4 Å². The maximum absolute atomic E-state index is 12.1. The summed E-state index contributed by atoms with van der Waals surface area (Å²) in [7, 11) is 3.99. The summed E-state index contributed by atoms with van der Waals surface area (Å²) in [5.41, 5.74) is 1.00. The van der Waals surface area contributed by atoms with Gasteiger partial charge in [0.25, 0.3) is 0 Å². The number of anilines is 1. The van der Waals surface area contributed by atoms with E-state index >= 15 is 0 Å². The van der Waals surface area contributed by atoms with Crippen molar-refractivity contribution in [1.82, 2.24) is 15.1 Å². The molecule has 0 aliphatic rings. The monoisotopic (exact) mass is 266 g/mol. The van der Waals surface area contributed by atoms with Crippen LogP contribution in [-0.2, 0) is 11.3 Å². The molecule has 5 nitrogen and oxygen atoms in total. The van der Waals surface area contributed by atoms with Crippen molar-refractivity contribution >= 4 is 11.7 Å². The van der Waals surface area contributed by atoms with Gasteiger partial charge in [0, 0.05) is 18.5 Å². The van der Waals surface area contributed by atoms with E-state index in [0.29, 0.717) is 5.82 Å². The summed E-state index contributed by atoms with van der Waals surface area (Å²) in [6.45, 7) is 4.99. The number of hydrogen-bond acceptors (Lipinski definition) is 3. The Bertz CT molecular complexity index is 387. The maximum Gasteiger partial charge on any atom is 0.228 e. The number of carbonyl (C=O) groups is 1. The molecule has 0 spiro atoms. The summed E-state index contributed by atoms with van der Waals surface area (Å²) < 4.78 is 0. The lowest BCUT2D eigenvalue weighted by Crippen LogP contribution is -2.22. The van der Waals surface area contributed by atoms with Gasteiger partial charge in [-0.05, 0) is 26.9 Å². The van der Waals surface area contributed by atoms with Gasteiger partial charge in [0.2, 0.25) is 5.91 Å². The minimum atomic E-state index is 0.0823. The average molecular weight is 266 g/mol. The molecule has 1 aromatic rings. The minimum absolute atomic E-state index is 0.0823. The predicted octanol–water partition coefficient (Wildman–Crippen LogP) is 2.63. The highest BCUT2D eigenvalue weighted by Gasteiger charge is 2.16. The minimum Gasteiger partial charge on any atom is -0.309 e. The van der Waals surface area contributed by atoms with Crippen molar-refractivity contribution in [3.8, 4) is 0 Å². The van der Waals surface area contributed by atoms with Crippen molar-refractivity contribution in [3.05, 3.63) is 11.8 Å². The van der Waals surface area contributed by atoms with E-state index in [1.54, 1.807) is 0 Å². The van der Waals surface area contributed by atoms with Crippen LogP contribution in [0.25, 0.3) is 0 Å². The van der Waals surface area contributed by atoms with Crippen LogP contribution >= 0.6 is 0 Å². The lowest BCUT2D eigenvalue weighted by Gasteiger charge is -2.13. The van der Waals surface area contributed by atoms with E-state index in [0.717, 1.165) is 37.9 Å². The SMILES string of the molecule is CCCCC(CC)C(=O)Nc1cc(CN(C)C)[nH]n1. The first-order valence-electron chi connectivity index (χ1n) is 7.06. The molecule has 1 heterocycles. The summed E-state index contributed by atoms with van der Waals surface area (Å²) in [5, 5.41) is 9.95. The van der Waals surface area contributed by atoms with E-state index in [1.807, 2.05) is 20.2 Å². The van der Waals surface area contributed by atoms with Crippen molar-refractivity contribution in [1.29, 1.82) is 0 Å². The van der Waals surface area contributed by atoms with Crippen LogP contribution in [0.15, 0.2) is 6.07 Å². The standard InChI is InChI=1S/C14H26N4O/c1-5-7-8-11(6-2)14(19)15-13-9-12(16-17-13)10-18(3)4/h9,11H,5-8,10H2,1-4H3,(H2,15,16,17,19). The van der Waals surface area contributed by atoms with Crippen LogP contribution in [0.3, 0.4) is 0 Å². The Hall–Kier alpha value is -1.36. The first-order chi connectivity index (χ1) is 9.06. The summed E-state index contributed by atoms with van der Waals surface area (Å²) in [6.07, 6.45) is 4.05. The second-order valence-corrected chi connectivity index (χ2v) is 5.25. The number of aromatic nitrogens is 2. The van der Waals surface area contributed by atoms with Gasteiger partial charge in [0.15, 0.2) is 5.82 Å². The van der Waals surface area contributed by atoms with Gasteiger partial charge in [-0.3, -0.25) is 9.89 Å². The maximum atomic E-state index is 12.1. The third kappa shape index (κ3) is 5.42. The molecule has 0 aromatic carbocycles. The van der Waals surface area contributed by atoms with Crippen molar-refractivity contribution in [2.45, 2.75) is 46.1 Å². The number of carbonyl (C=O) groups excluding carboxylic acids is 1. The van der Waals surface area contributed by atoms with Crippen molar-refractivity contribution in [2.24, 2.45) is 5.92 Å². The van der Waals surface area contributed by atoms with Gasteiger partial charge >= 0.3 is 0 Å². The topological polar surface area (TPSA) is 61.0 Å². The van der Waals surface area contributed by atoms with Crippen LogP contribution in [0.2, 0.25) is 0 Å². The van der Waals surface area contributed by atoms with E-state index in [2.05, 4.69) is 34.3 Å². The lowest BCUT2D eigenvalue weighted by atomic mass is 9.98. The predicted molar refractivity (Wildman–Crippen MR) is 77.9 cm³/mol. The van der Waals surface area contributed by atoms with Crippen molar-refractivity contribution in [3.63, 3.8) is 0 Å². The molecule has 0 fully saturated rings. The summed E-state index contributed by atoms with van der Waals surface area (Å²) in [6, 6.07) is 1.89. The third-order valence-electron chi connectivity index (χ3n) is 3.14. The van der Waals surface area contributed by atoms with Crippen LogP contribution in [0.4, 0.5) is 5.82 Å². The second-order valence-electron chi connectivity index (χ2n) is 5.25. The normalized spacial score (nSPS) is 12.7. The molecule has 1 amide bonds. The third-order valence-corrected chi connectivity index (χ3v) is 3.14. The smallest absolute Gasteiger partial charge is 0.228 e. The highest BCUT2D eigenvalue weighted by atomic mass is 16.1. The number of nitrogens with one attached hydrogen (secondary N) is 2. The fourth-order valence-electron chi connectivity index (χ4n) is 2.05. The molecule has 1 atom stereocenters. The van der Waals surface area contributed by atoms with E-state index < -0.39 is 0 Å². The largest absolute Gasteiger partial charge is 0.309 e. The summed E-state index contributed by atoms with van der Waals surface area (Å²) in [4.78, 5) is 14.2. The van der Waals surface area contributed by atoms with Crippen LogP contribution < -0.4 is 5.32 Å². The van der Waals surface area contributed by atoms with E-state index in [1.165, 1.54) is 0 Å². The average Bonchev–Trinajstić information content (AvgIpc) is 2.76. The molecule has 5 heteroatoms. The molecule has 0 bridgehead atoms. The molecule has 108 valence electrons. The molecule has 1 aromatic heterocycles. The molecule has 1 rings (SSSR count). The van der Waals surface area contributed by atoms with Crippen LogP contribution in [0.1, 0.15) is 45.2 Å². The Morgan fingerprint density at radius 1 is 1.47 bits per heavy atom. The first kappa shape index (κ1) is 15.7. The molecule has 0 saturated heterocycles. The Kier molecular flexibility index (Phi) is 6.56. The molecule has 0 radical (unpaired) electrons. The lowest BCUT2D eigenvalue weighted by molar-refractivity contribution is -0.120. The zero-order chi connectivity index (χ0) is 14.3. The molecular formula is C14H26N4O. The van der Waals surface area contributed by atoms with Gasteiger partial charge in [-0.1, -0.05) is 26.7 Å². The van der Waals surface area contributed by atoms with E-state index in [9.17, 15) is 4.79 Å². The van der Waals surface area contributed by atoms with E-state index in [-0.39, 0.29) is 11.8 Å². The van der Waals surface area contributed by atoms with Gasteiger partial charge in [0.05, 0.1) is 5.69 Å². The Morgan fingerprint density at radius 3 is 2.79 bits per heavy atom. The van der Waals surface area contributed by atoms with Crippen LogP contribution in [0, 0.1) is 5.92 Å². The van der Waals surface area contributed by atoms with Gasteiger partial charge in [0.1, 0.15) is 0 Å². The molecular weight excluding hydrogens is 240 g/mol. The zero-order valence-corrected chi connectivity index (χ0v) is 12.5. The van der Waals surface area contributed by atoms with Gasteiger partial charge < -0.3 is 10.2 Å². The Balaban J connectivity index is 2.52. The number of amides is 1. The highest BCUT2D eigenvalue weighted by Crippen LogP contribution is 2.15. The molecule has 0 aliphatic carbocycles. The summed E-state index contributed by atoms with van der Waals surface area (Å²) >= 11 is 0. The number of H-pyrrole nitrogens is 1. The summed E-state index contributed by atoms with van der Waals surface area (Å²) in [5.74, 6) is 0.796. The Morgan fingerprint density at radius 2 is 2.21 bits per heavy atom. The van der Waals surface area contributed by atoms with Gasteiger partial charge in [-0.2, -0.15) is 5.10 Å². The van der Waals surface area contributed by atoms with Crippen LogP contribution in [0.5, 0.6) is 0 Å². The van der Waals surface area contributed by atoms with Gasteiger partial charge in [-0.25, -0.2) is 0 Å².